The summed E-state index contributed by atoms with van der Waals surface area (Å²) in [6.45, 7) is 0. The Morgan fingerprint density at radius 1 is 1.04 bits per heavy atom. The third-order valence-corrected chi connectivity index (χ3v) is 4.42. The average Bonchev–Trinajstić information content (AvgIpc) is 2.54. The fraction of sp³-hybridized carbons (Fsp3) is 0.0625. The molecule has 24 heavy (non-hydrogen) atoms. The summed E-state index contributed by atoms with van der Waals surface area (Å²) in [6.07, 6.45) is 2.46. The second-order valence-corrected chi connectivity index (χ2v) is 6.56. The maximum absolute atomic E-state index is 12.8. The van der Waals surface area contributed by atoms with Gasteiger partial charge in [0.05, 0.1) is 10.6 Å². The molecule has 0 saturated carbocycles. The predicted octanol–water partition coefficient (Wildman–Crippen LogP) is 3.47. The number of nitrogens with one attached hydrogen (secondary N) is 1. The molecule has 1 amide bonds. The molecule has 1 N–H and O–H groups in total. The van der Waals surface area contributed by atoms with Crippen molar-refractivity contribution in [3.05, 3.63) is 66.0 Å². The zero-order valence-electron chi connectivity index (χ0n) is 12.1. The topological polar surface area (TPSA) is 63.2 Å². The number of anilines is 1. The Morgan fingerprint density at radius 3 is 2.29 bits per heavy atom. The third-order valence-electron chi connectivity index (χ3n) is 2.98. The molecule has 0 heterocycles. The third kappa shape index (κ3) is 4.23. The van der Waals surface area contributed by atoms with Crippen LogP contribution >= 0.6 is 0 Å². The van der Waals surface area contributed by atoms with Gasteiger partial charge in [0.1, 0.15) is 5.82 Å². The number of halogens is 3. The van der Waals surface area contributed by atoms with E-state index in [9.17, 15) is 26.4 Å². The number of benzene rings is 2. The maximum atomic E-state index is 12.8. The lowest BCUT2D eigenvalue weighted by molar-refractivity contribution is -0.111. The van der Waals surface area contributed by atoms with E-state index in [2.05, 4.69) is 5.32 Å². The molecule has 0 aliphatic rings. The van der Waals surface area contributed by atoms with Crippen molar-refractivity contribution in [2.75, 3.05) is 5.32 Å². The van der Waals surface area contributed by atoms with Crippen LogP contribution in [0.3, 0.4) is 0 Å². The van der Waals surface area contributed by atoms with E-state index in [1.54, 1.807) is 0 Å². The Kier molecular flexibility index (Phi) is 5.40. The van der Waals surface area contributed by atoms with Crippen LogP contribution in [0, 0.1) is 5.82 Å². The van der Waals surface area contributed by atoms with Gasteiger partial charge in [0.15, 0.2) is 0 Å². The van der Waals surface area contributed by atoms with Crippen LogP contribution in [0.4, 0.5) is 18.9 Å². The minimum absolute atomic E-state index is 0.244. The standard InChI is InChI=1S/C16H12F3NO3S/c17-12-8-5-11(6-9-12)7-10-15(21)20-13-3-1-2-4-14(13)24(22,23)16(18)19/h1-10,16H,(H,20,21)/b10-7+. The summed E-state index contributed by atoms with van der Waals surface area (Å²) in [5.41, 5.74) is 0.298. The highest BCUT2D eigenvalue weighted by molar-refractivity contribution is 7.91. The molecule has 4 nitrogen and oxygen atoms in total. The number of carbonyl (C=O) groups excluding carboxylic acids is 1. The maximum Gasteiger partial charge on any atom is 0.341 e. The van der Waals surface area contributed by atoms with E-state index in [4.69, 9.17) is 0 Å². The molecular weight excluding hydrogens is 343 g/mol. The number of sulfone groups is 1. The average molecular weight is 355 g/mol. The van der Waals surface area contributed by atoms with Crippen LogP contribution in [0.25, 0.3) is 6.08 Å². The van der Waals surface area contributed by atoms with Gasteiger partial charge in [-0.05, 0) is 35.9 Å². The molecule has 0 atom stereocenters. The molecule has 2 aromatic carbocycles. The van der Waals surface area contributed by atoms with Crippen LogP contribution in [-0.4, -0.2) is 20.1 Å². The SMILES string of the molecule is O=C(/C=C/c1ccc(F)cc1)Nc1ccccc1S(=O)(=O)C(F)F. The highest BCUT2D eigenvalue weighted by Gasteiger charge is 2.29. The molecular formula is C16H12F3NO3S. The van der Waals surface area contributed by atoms with Gasteiger partial charge in [0.25, 0.3) is 0 Å². The molecule has 2 rings (SSSR count). The quantitative estimate of drug-likeness (QED) is 0.836. The fourth-order valence-corrected chi connectivity index (χ4v) is 2.72. The monoisotopic (exact) mass is 355 g/mol. The molecule has 0 aromatic heterocycles. The second kappa shape index (κ2) is 7.31. The Balaban J connectivity index is 2.19. The predicted molar refractivity (Wildman–Crippen MR) is 83.7 cm³/mol. The van der Waals surface area contributed by atoms with Crippen molar-refractivity contribution < 1.29 is 26.4 Å². The Labute approximate surface area is 136 Å². The van der Waals surface area contributed by atoms with Crippen molar-refractivity contribution in [3.63, 3.8) is 0 Å². The van der Waals surface area contributed by atoms with Crippen molar-refractivity contribution in [2.45, 2.75) is 10.7 Å². The highest BCUT2D eigenvalue weighted by atomic mass is 32.2. The van der Waals surface area contributed by atoms with Crippen LogP contribution < -0.4 is 5.32 Å². The van der Waals surface area contributed by atoms with E-state index >= 15 is 0 Å². The van der Waals surface area contributed by atoms with E-state index in [0.29, 0.717) is 5.56 Å². The molecule has 0 spiro atoms. The molecule has 2 aromatic rings. The van der Waals surface area contributed by atoms with Gasteiger partial charge in [-0.3, -0.25) is 4.79 Å². The summed E-state index contributed by atoms with van der Waals surface area (Å²) in [7, 11) is -4.84. The van der Waals surface area contributed by atoms with Gasteiger partial charge in [0, 0.05) is 6.08 Å². The first kappa shape index (κ1) is 17.7. The molecule has 0 bridgehead atoms. The van der Waals surface area contributed by atoms with Crippen molar-refractivity contribution in [1.29, 1.82) is 0 Å². The molecule has 0 fully saturated rings. The first-order valence-corrected chi connectivity index (χ1v) is 8.21. The molecule has 0 unspecified atom stereocenters. The number of alkyl halides is 2. The molecule has 8 heteroatoms. The molecule has 126 valence electrons. The lowest BCUT2D eigenvalue weighted by Gasteiger charge is -2.09. The summed E-state index contributed by atoms with van der Waals surface area (Å²) in [5.74, 6) is -4.73. The Hall–Kier alpha value is -2.61. The van der Waals surface area contributed by atoms with Gasteiger partial charge in [-0.25, -0.2) is 12.8 Å². The summed E-state index contributed by atoms with van der Waals surface area (Å²) >= 11 is 0. The van der Waals surface area contributed by atoms with Crippen molar-refractivity contribution in [1.82, 2.24) is 0 Å². The van der Waals surface area contributed by atoms with Gasteiger partial charge in [-0.2, -0.15) is 8.78 Å². The lowest BCUT2D eigenvalue weighted by atomic mass is 10.2. The van der Waals surface area contributed by atoms with E-state index in [1.165, 1.54) is 48.5 Å². The first-order chi connectivity index (χ1) is 11.3. The second-order valence-electron chi connectivity index (χ2n) is 4.68. The number of carbonyl (C=O) groups is 1. The van der Waals surface area contributed by atoms with E-state index in [0.717, 1.165) is 12.1 Å². The summed E-state index contributed by atoms with van der Waals surface area (Å²) in [6, 6.07) is 10.2. The molecule has 0 radical (unpaired) electrons. The minimum Gasteiger partial charge on any atom is -0.321 e. The number of hydrogen-bond acceptors (Lipinski definition) is 3. The van der Waals surface area contributed by atoms with Crippen molar-refractivity contribution >= 4 is 27.5 Å². The van der Waals surface area contributed by atoms with E-state index in [-0.39, 0.29) is 5.69 Å². The van der Waals surface area contributed by atoms with Crippen LogP contribution in [-0.2, 0) is 14.6 Å². The summed E-state index contributed by atoms with van der Waals surface area (Å²) in [4.78, 5) is 11.2. The first-order valence-electron chi connectivity index (χ1n) is 6.66. The zero-order valence-corrected chi connectivity index (χ0v) is 12.9. The lowest BCUT2D eigenvalue weighted by Crippen LogP contribution is -2.16. The van der Waals surface area contributed by atoms with Crippen molar-refractivity contribution in [3.8, 4) is 0 Å². The number of amides is 1. The minimum atomic E-state index is -4.84. The molecule has 0 aliphatic carbocycles. The molecule has 0 aliphatic heterocycles. The Morgan fingerprint density at radius 2 is 1.67 bits per heavy atom. The summed E-state index contributed by atoms with van der Waals surface area (Å²) in [5, 5.41) is 2.24. The van der Waals surface area contributed by atoms with Crippen LogP contribution in [0.1, 0.15) is 5.56 Å². The fourth-order valence-electron chi connectivity index (χ4n) is 1.83. The van der Waals surface area contributed by atoms with Crippen LogP contribution in [0.2, 0.25) is 0 Å². The van der Waals surface area contributed by atoms with Crippen LogP contribution in [0.5, 0.6) is 0 Å². The van der Waals surface area contributed by atoms with Gasteiger partial charge in [-0.15, -0.1) is 0 Å². The normalized spacial score (nSPS) is 11.8. The molecule has 0 saturated heterocycles. The van der Waals surface area contributed by atoms with Gasteiger partial charge in [0.2, 0.25) is 15.7 Å². The zero-order chi connectivity index (χ0) is 17.7. The number of hydrogen-bond donors (Lipinski definition) is 1. The van der Waals surface area contributed by atoms with Gasteiger partial charge < -0.3 is 5.32 Å². The highest BCUT2D eigenvalue weighted by Crippen LogP contribution is 2.26. The van der Waals surface area contributed by atoms with Gasteiger partial charge >= 0.3 is 5.76 Å². The van der Waals surface area contributed by atoms with Gasteiger partial charge in [-0.1, -0.05) is 24.3 Å². The number of rotatable bonds is 5. The Bertz CT molecular complexity index is 862. The smallest absolute Gasteiger partial charge is 0.321 e. The summed E-state index contributed by atoms with van der Waals surface area (Å²) < 4.78 is 61.3. The largest absolute Gasteiger partial charge is 0.341 e. The van der Waals surface area contributed by atoms with Crippen molar-refractivity contribution in [2.24, 2.45) is 0 Å². The van der Waals surface area contributed by atoms with Crippen LogP contribution in [0.15, 0.2) is 59.5 Å². The number of para-hydroxylation sites is 1. The van der Waals surface area contributed by atoms with E-state index in [1.807, 2.05) is 0 Å². The van der Waals surface area contributed by atoms with E-state index < -0.39 is 32.2 Å².